The van der Waals surface area contributed by atoms with Crippen molar-refractivity contribution >= 4 is 5.97 Å². The summed E-state index contributed by atoms with van der Waals surface area (Å²) in [4.78, 5) is 10.9. The highest BCUT2D eigenvalue weighted by Crippen LogP contribution is 2.30. The molecule has 0 aromatic carbocycles. The van der Waals surface area contributed by atoms with E-state index in [1.165, 1.54) is 32.8 Å². The van der Waals surface area contributed by atoms with Crippen LogP contribution in [-0.2, 0) is 14.3 Å². The molecule has 0 aromatic rings. The van der Waals surface area contributed by atoms with E-state index < -0.39 is 6.10 Å². The quantitative estimate of drug-likeness (QED) is 0.225. The number of epoxide rings is 1. The second-order valence-electron chi connectivity index (χ2n) is 6.44. The molecule has 4 heteroatoms. The van der Waals surface area contributed by atoms with Gasteiger partial charge in [-0.2, -0.15) is 0 Å². The Kier molecular flexibility index (Phi) is 11.0. The van der Waals surface area contributed by atoms with Crippen LogP contribution < -0.4 is 0 Å². The smallest absolute Gasteiger partial charge is 0.305 e. The van der Waals surface area contributed by atoms with Gasteiger partial charge in [0.25, 0.3) is 0 Å². The second-order valence-corrected chi connectivity index (χ2v) is 6.44. The Morgan fingerprint density at radius 3 is 2.65 bits per heavy atom. The number of esters is 1. The fourth-order valence-corrected chi connectivity index (χ4v) is 2.79. The molecule has 0 aromatic heterocycles. The van der Waals surface area contributed by atoms with Gasteiger partial charge in [0.15, 0.2) is 0 Å². The summed E-state index contributed by atoms with van der Waals surface area (Å²) in [5.74, 6) is -0.114. The van der Waals surface area contributed by atoms with Crippen LogP contribution in [0.1, 0.15) is 77.6 Å². The predicted molar refractivity (Wildman–Crippen MR) is 92.3 cm³/mol. The minimum absolute atomic E-state index is 0.0291. The van der Waals surface area contributed by atoms with Crippen molar-refractivity contribution in [1.29, 1.82) is 0 Å². The van der Waals surface area contributed by atoms with Gasteiger partial charge in [-0.05, 0) is 25.7 Å². The molecule has 0 amide bonds. The van der Waals surface area contributed by atoms with E-state index in [1.54, 1.807) is 0 Å². The third kappa shape index (κ3) is 9.77. The average Bonchev–Trinajstić information content (AvgIpc) is 3.32. The first-order valence-electron chi connectivity index (χ1n) is 9.26. The van der Waals surface area contributed by atoms with Crippen LogP contribution in [0.2, 0.25) is 0 Å². The summed E-state index contributed by atoms with van der Waals surface area (Å²) in [7, 11) is 1.43. The zero-order valence-electron chi connectivity index (χ0n) is 14.8. The lowest BCUT2D eigenvalue weighted by molar-refractivity contribution is -0.140. The molecule has 1 saturated heterocycles. The fraction of sp³-hybridized carbons (Fsp3) is 0.842. The maximum Gasteiger partial charge on any atom is 0.305 e. The van der Waals surface area contributed by atoms with Gasteiger partial charge in [-0.1, -0.05) is 57.6 Å². The molecule has 0 spiro atoms. The summed E-state index contributed by atoms with van der Waals surface area (Å²) >= 11 is 0. The first-order valence-corrected chi connectivity index (χ1v) is 9.26. The van der Waals surface area contributed by atoms with Crippen LogP contribution >= 0.6 is 0 Å². The van der Waals surface area contributed by atoms with E-state index >= 15 is 0 Å². The van der Waals surface area contributed by atoms with Crippen molar-refractivity contribution in [2.24, 2.45) is 0 Å². The SMILES string of the molecule is CCCCC[C@H]1O[C@@H]1[C@H](O)/C=C\CCCCCCCC(=O)OC. The molecule has 1 heterocycles. The molecule has 1 fully saturated rings. The molecule has 0 aliphatic carbocycles. The van der Waals surface area contributed by atoms with E-state index in [4.69, 9.17) is 4.74 Å². The lowest BCUT2D eigenvalue weighted by Gasteiger charge is -2.02. The number of carbonyl (C=O) groups is 1. The predicted octanol–water partition coefficient (Wildman–Crippen LogP) is 4.15. The Morgan fingerprint density at radius 2 is 1.91 bits per heavy atom. The van der Waals surface area contributed by atoms with Gasteiger partial charge < -0.3 is 14.6 Å². The minimum atomic E-state index is -0.443. The van der Waals surface area contributed by atoms with Gasteiger partial charge in [0.1, 0.15) is 12.2 Å². The highest BCUT2D eigenvalue weighted by Gasteiger charge is 2.42. The second kappa shape index (κ2) is 12.5. The maximum atomic E-state index is 10.9. The lowest BCUT2D eigenvalue weighted by Crippen LogP contribution is -2.13. The van der Waals surface area contributed by atoms with Gasteiger partial charge in [-0.3, -0.25) is 4.79 Å². The molecular weight excluding hydrogens is 292 g/mol. The molecule has 1 aliphatic heterocycles. The van der Waals surface area contributed by atoms with Crippen molar-refractivity contribution in [3.05, 3.63) is 12.2 Å². The summed E-state index contributed by atoms with van der Waals surface area (Å²) in [6, 6.07) is 0. The highest BCUT2D eigenvalue weighted by atomic mass is 16.6. The molecule has 1 N–H and O–H groups in total. The number of methoxy groups -OCH3 is 1. The molecule has 1 aliphatic rings. The van der Waals surface area contributed by atoms with Crippen molar-refractivity contribution in [3.63, 3.8) is 0 Å². The van der Waals surface area contributed by atoms with Crippen molar-refractivity contribution in [2.45, 2.75) is 95.9 Å². The maximum absolute atomic E-state index is 10.9. The topological polar surface area (TPSA) is 59.1 Å². The van der Waals surface area contributed by atoms with Crippen LogP contribution in [0.25, 0.3) is 0 Å². The Bertz CT molecular complexity index is 340. The standard InChI is InChI=1S/C19H34O4/c1-3-4-10-14-17-19(23-17)16(20)13-11-8-6-5-7-9-12-15-18(21)22-2/h11,13,16-17,19-20H,3-10,12,14-15H2,1-2H3/b13-11-/t16-,17-,19-/m1/s1. The van der Waals surface area contributed by atoms with Crippen molar-refractivity contribution in [1.82, 2.24) is 0 Å². The van der Waals surface area contributed by atoms with Crippen LogP contribution in [0, 0.1) is 0 Å². The van der Waals surface area contributed by atoms with Gasteiger partial charge in [-0.25, -0.2) is 0 Å². The van der Waals surface area contributed by atoms with Gasteiger partial charge in [-0.15, -0.1) is 0 Å². The first kappa shape index (κ1) is 20.2. The van der Waals surface area contributed by atoms with E-state index in [2.05, 4.69) is 17.7 Å². The molecule has 1 rings (SSSR count). The van der Waals surface area contributed by atoms with Crippen LogP contribution in [0.4, 0.5) is 0 Å². The van der Waals surface area contributed by atoms with E-state index in [0.717, 1.165) is 38.5 Å². The Morgan fingerprint density at radius 1 is 1.17 bits per heavy atom. The van der Waals surface area contributed by atoms with Gasteiger partial charge in [0.05, 0.1) is 13.2 Å². The van der Waals surface area contributed by atoms with Crippen molar-refractivity contribution in [2.75, 3.05) is 7.11 Å². The average molecular weight is 326 g/mol. The fourth-order valence-electron chi connectivity index (χ4n) is 2.79. The summed E-state index contributed by atoms with van der Waals surface area (Å²) in [6.07, 6.45) is 15.6. The molecule has 4 nitrogen and oxygen atoms in total. The number of aliphatic hydroxyl groups is 1. The number of aliphatic hydroxyl groups excluding tert-OH is 1. The van der Waals surface area contributed by atoms with E-state index in [-0.39, 0.29) is 18.2 Å². The Hall–Kier alpha value is -0.870. The third-order valence-electron chi connectivity index (χ3n) is 4.36. The number of carbonyl (C=O) groups excluding carboxylic acids is 1. The number of hydrogen-bond acceptors (Lipinski definition) is 4. The number of allylic oxidation sites excluding steroid dienone is 1. The first-order chi connectivity index (χ1) is 11.2. The zero-order valence-corrected chi connectivity index (χ0v) is 14.8. The van der Waals surface area contributed by atoms with Crippen molar-refractivity contribution in [3.8, 4) is 0 Å². The highest BCUT2D eigenvalue weighted by molar-refractivity contribution is 5.68. The number of unbranched alkanes of at least 4 members (excludes halogenated alkanes) is 7. The molecule has 0 bridgehead atoms. The largest absolute Gasteiger partial charge is 0.469 e. The number of ether oxygens (including phenoxy) is 2. The van der Waals surface area contributed by atoms with E-state index in [0.29, 0.717) is 6.42 Å². The molecule has 0 unspecified atom stereocenters. The van der Waals surface area contributed by atoms with Gasteiger partial charge in [0, 0.05) is 6.42 Å². The Balaban J connectivity index is 1.91. The van der Waals surface area contributed by atoms with E-state index in [9.17, 15) is 9.90 Å². The molecule has 134 valence electrons. The molecule has 3 atom stereocenters. The Labute approximate surface area is 141 Å². The summed E-state index contributed by atoms with van der Waals surface area (Å²) in [5, 5.41) is 10.0. The van der Waals surface area contributed by atoms with Gasteiger partial charge in [0.2, 0.25) is 0 Å². The lowest BCUT2D eigenvalue weighted by atomic mass is 10.1. The molecule has 23 heavy (non-hydrogen) atoms. The number of rotatable bonds is 14. The van der Waals surface area contributed by atoms with Crippen LogP contribution in [-0.4, -0.2) is 36.5 Å². The van der Waals surface area contributed by atoms with Crippen LogP contribution in [0.3, 0.4) is 0 Å². The normalized spacial score (nSPS) is 21.5. The third-order valence-corrected chi connectivity index (χ3v) is 4.36. The van der Waals surface area contributed by atoms with Crippen molar-refractivity contribution < 1.29 is 19.4 Å². The summed E-state index contributed by atoms with van der Waals surface area (Å²) in [5.41, 5.74) is 0. The minimum Gasteiger partial charge on any atom is -0.469 e. The number of hydrogen-bond donors (Lipinski definition) is 1. The molecule has 0 saturated carbocycles. The van der Waals surface area contributed by atoms with E-state index in [1.807, 2.05) is 6.08 Å². The monoisotopic (exact) mass is 326 g/mol. The van der Waals surface area contributed by atoms with Crippen LogP contribution in [0.15, 0.2) is 12.2 Å². The summed E-state index contributed by atoms with van der Waals surface area (Å²) < 4.78 is 10.1. The van der Waals surface area contributed by atoms with Gasteiger partial charge >= 0.3 is 5.97 Å². The van der Waals surface area contributed by atoms with Crippen LogP contribution in [0.5, 0.6) is 0 Å². The molecular formula is C19H34O4. The summed E-state index contributed by atoms with van der Waals surface area (Å²) in [6.45, 7) is 2.20. The zero-order chi connectivity index (χ0) is 16.9. The molecule has 0 radical (unpaired) electrons.